The van der Waals surface area contributed by atoms with E-state index in [-0.39, 0.29) is 22.2 Å². The van der Waals surface area contributed by atoms with Crippen molar-refractivity contribution in [2.75, 3.05) is 4.72 Å². The van der Waals surface area contributed by atoms with Crippen LogP contribution in [-0.4, -0.2) is 14.3 Å². The number of benzene rings is 3. The van der Waals surface area contributed by atoms with Gasteiger partial charge in [-0.3, -0.25) is 9.52 Å². The second kappa shape index (κ2) is 8.86. The van der Waals surface area contributed by atoms with Crippen LogP contribution >= 0.6 is 23.2 Å². The number of rotatable bonds is 6. The Hall–Kier alpha value is -2.54. The third kappa shape index (κ3) is 5.29. The Morgan fingerprint density at radius 1 is 0.897 bits per heavy atom. The molecule has 1 unspecified atom stereocenters. The topological polar surface area (TPSA) is 75.3 Å². The molecule has 1 atom stereocenters. The lowest BCUT2D eigenvalue weighted by molar-refractivity contribution is 0.0941. The lowest BCUT2D eigenvalue weighted by atomic mass is 10.1. The normalized spacial score (nSPS) is 12.2. The zero-order valence-corrected chi connectivity index (χ0v) is 17.7. The number of sulfonamides is 1. The lowest BCUT2D eigenvalue weighted by Gasteiger charge is -2.17. The van der Waals surface area contributed by atoms with Crippen LogP contribution in [0.25, 0.3) is 0 Å². The molecular weight excluding hydrogens is 431 g/mol. The summed E-state index contributed by atoms with van der Waals surface area (Å²) in [6.45, 7) is 1.84. The van der Waals surface area contributed by atoms with Gasteiger partial charge in [-0.25, -0.2) is 8.42 Å². The molecule has 150 valence electrons. The molecule has 0 aliphatic carbocycles. The number of amides is 1. The van der Waals surface area contributed by atoms with Gasteiger partial charge in [0.25, 0.3) is 15.9 Å². The van der Waals surface area contributed by atoms with Crippen molar-refractivity contribution in [2.45, 2.75) is 17.9 Å². The predicted molar refractivity (Wildman–Crippen MR) is 116 cm³/mol. The van der Waals surface area contributed by atoms with Crippen LogP contribution < -0.4 is 10.0 Å². The van der Waals surface area contributed by atoms with Gasteiger partial charge in [0.05, 0.1) is 22.2 Å². The van der Waals surface area contributed by atoms with Gasteiger partial charge in [-0.15, -0.1) is 0 Å². The van der Waals surface area contributed by atoms with E-state index in [2.05, 4.69) is 10.0 Å². The molecule has 1 amide bonds. The zero-order chi connectivity index (χ0) is 21.0. The third-order valence-electron chi connectivity index (χ3n) is 4.24. The molecule has 0 aromatic heterocycles. The Morgan fingerprint density at radius 2 is 1.52 bits per heavy atom. The highest BCUT2D eigenvalue weighted by atomic mass is 35.5. The Kier molecular flexibility index (Phi) is 6.47. The minimum Gasteiger partial charge on any atom is -0.345 e. The van der Waals surface area contributed by atoms with E-state index in [9.17, 15) is 13.2 Å². The summed E-state index contributed by atoms with van der Waals surface area (Å²) in [5.41, 5.74) is 1.17. The van der Waals surface area contributed by atoms with Crippen molar-refractivity contribution < 1.29 is 13.2 Å². The molecule has 3 aromatic rings. The maximum atomic E-state index is 12.8. The van der Waals surface area contributed by atoms with Crippen molar-refractivity contribution in [1.82, 2.24) is 5.32 Å². The largest absolute Gasteiger partial charge is 0.345 e. The maximum Gasteiger partial charge on any atom is 0.261 e. The van der Waals surface area contributed by atoms with Gasteiger partial charge < -0.3 is 5.32 Å². The van der Waals surface area contributed by atoms with Crippen LogP contribution in [0.15, 0.2) is 77.7 Å². The second-order valence-electron chi connectivity index (χ2n) is 6.36. The summed E-state index contributed by atoms with van der Waals surface area (Å²) in [6.07, 6.45) is 0. The Morgan fingerprint density at radius 3 is 2.17 bits per heavy atom. The van der Waals surface area contributed by atoms with Gasteiger partial charge >= 0.3 is 0 Å². The summed E-state index contributed by atoms with van der Waals surface area (Å²) in [7, 11) is -3.91. The minimum absolute atomic E-state index is 0.0286. The predicted octanol–water partition coefficient (Wildman–Crippen LogP) is 5.29. The molecule has 3 aromatic carbocycles. The van der Waals surface area contributed by atoms with E-state index in [1.807, 2.05) is 37.3 Å². The number of nitrogens with one attached hydrogen (secondary N) is 2. The molecule has 0 bridgehead atoms. The van der Waals surface area contributed by atoms with Crippen LogP contribution in [0.5, 0.6) is 0 Å². The van der Waals surface area contributed by atoms with Crippen LogP contribution in [0, 0.1) is 0 Å². The standard InChI is InChI=1S/C21H18Cl2N2O3S/c1-14(15-5-3-2-4-6-15)24-21(26)19-13-17(23)9-12-20(19)25-29(27,28)18-10-7-16(22)8-11-18/h2-14,25H,1H3,(H,24,26). The van der Waals surface area contributed by atoms with E-state index >= 15 is 0 Å². The molecule has 8 heteroatoms. The Balaban J connectivity index is 1.87. The number of hydrogen-bond donors (Lipinski definition) is 2. The first-order valence-corrected chi connectivity index (χ1v) is 10.9. The molecule has 0 fully saturated rings. The summed E-state index contributed by atoms with van der Waals surface area (Å²) < 4.78 is 27.8. The minimum atomic E-state index is -3.91. The highest BCUT2D eigenvalue weighted by Gasteiger charge is 2.20. The van der Waals surface area contributed by atoms with Crippen LogP contribution in [0.3, 0.4) is 0 Å². The van der Waals surface area contributed by atoms with Crippen LogP contribution in [0.1, 0.15) is 28.9 Å². The molecule has 2 N–H and O–H groups in total. The quantitative estimate of drug-likeness (QED) is 0.537. The van der Waals surface area contributed by atoms with Gasteiger partial charge in [0.2, 0.25) is 0 Å². The molecule has 5 nitrogen and oxygen atoms in total. The van der Waals surface area contributed by atoms with E-state index in [1.165, 1.54) is 42.5 Å². The molecular formula is C21H18Cl2N2O3S. The average Bonchev–Trinajstić information content (AvgIpc) is 2.70. The van der Waals surface area contributed by atoms with Crippen molar-refractivity contribution >= 4 is 44.8 Å². The number of halogens is 2. The maximum absolute atomic E-state index is 12.8. The van der Waals surface area contributed by atoms with Gasteiger partial charge in [0, 0.05) is 10.0 Å². The molecule has 0 aliphatic rings. The van der Waals surface area contributed by atoms with Crippen LogP contribution in [0.4, 0.5) is 5.69 Å². The van der Waals surface area contributed by atoms with Crippen molar-refractivity contribution in [1.29, 1.82) is 0 Å². The number of carbonyl (C=O) groups is 1. The Labute approximate surface area is 179 Å². The summed E-state index contributed by atoms with van der Waals surface area (Å²) in [6, 6.07) is 19.3. The fourth-order valence-electron chi connectivity index (χ4n) is 2.71. The van der Waals surface area contributed by atoms with Crippen molar-refractivity contribution in [2.24, 2.45) is 0 Å². The van der Waals surface area contributed by atoms with E-state index in [0.717, 1.165) is 5.56 Å². The van der Waals surface area contributed by atoms with Gasteiger partial charge in [-0.2, -0.15) is 0 Å². The van der Waals surface area contributed by atoms with Crippen LogP contribution in [-0.2, 0) is 10.0 Å². The van der Waals surface area contributed by atoms with E-state index in [1.54, 1.807) is 0 Å². The van der Waals surface area contributed by atoms with Gasteiger partial charge in [-0.05, 0) is 55.0 Å². The zero-order valence-electron chi connectivity index (χ0n) is 15.4. The smallest absolute Gasteiger partial charge is 0.261 e. The SMILES string of the molecule is CC(NC(=O)c1cc(Cl)ccc1NS(=O)(=O)c1ccc(Cl)cc1)c1ccccc1. The van der Waals surface area contributed by atoms with Crippen LogP contribution in [0.2, 0.25) is 10.0 Å². The number of anilines is 1. The second-order valence-corrected chi connectivity index (χ2v) is 8.91. The summed E-state index contributed by atoms with van der Waals surface area (Å²) in [5.74, 6) is -0.447. The van der Waals surface area contributed by atoms with E-state index < -0.39 is 15.9 Å². The monoisotopic (exact) mass is 448 g/mol. The number of hydrogen-bond acceptors (Lipinski definition) is 3. The molecule has 0 radical (unpaired) electrons. The van der Waals surface area contributed by atoms with E-state index in [4.69, 9.17) is 23.2 Å². The number of carbonyl (C=O) groups excluding carboxylic acids is 1. The van der Waals surface area contributed by atoms with Gasteiger partial charge in [0.1, 0.15) is 0 Å². The molecule has 0 spiro atoms. The summed E-state index contributed by atoms with van der Waals surface area (Å²) in [4.78, 5) is 12.9. The average molecular weight is 449 g/mol. The first-order valence-electron chi connectivity index (χ1n) is 8.70. The van der Waals surface area contributed by atoms with Crippen molar-refractivity contribution in [3.63, 3.8) is 0 Å². The third-order valence-corrected chi connectivity index (χ3v) is 6.11. The first kappa shape index (κ1) is 21.2. The molecule has 0 heterocycles. The summed E-state index contributed by atoms with van der Waals surface area (Å²) in [5, 5.41) is 3.60. The van der Waals surface area contributed by atoms with Gasteiger partial charge in [-0.1, -0.05) is 53.5 Å². The molecule has 29 heavy (non-hydrogen) atoms. The van der Waals surface area contributed by atoms with Crippen molar-refractivity contribution in [3.8, 4) is 0 Å². The van der Waals surface area contributed by atoms with Crippen molar-refractivity contribution in [3.05, 3.63) is 94.0 Å². The highest BCUT2D eigenvalue weighted by Crippen LogP contribution is 2.25. The molecule has 0 saturated carbocycles. The molecule has 0 saturated heterocycles. The van der Waals surface area contributed by atoms with E-state index in [0.29, 0.717) is 10.0 Å². The molecule has 3 rings (SSSR count). The fourth-order valence-corrected chi connectivity index (χ4v) is 4.09. The highest BCUT2D eigenvalue weighted by molar-refractivity contribution is 7.92. The fraction of sp³-hybridized carbons (Fsp3) is 0.0952. The first-order chi connectivity index (χ1) is 13.8. The molecule has 0 aliphatic heterocycles. The summed E-state index contributed by atoms with van der Waals surface area (Å²) >= 11 is 11.9. The Bertz CT molecular complexity index is 1120. The lowest BCUT2D eigenvalue weighted by Crippen LogP contribution is -2.28. The van der Waals surface area contributed by atoms with Gasteiger partial charge in [0.15, 0.2) is 0 Å².